The predicted molar refractivity (Wildman–Crippen MR) is 61.6 cm³/mol. The molecule has 0 saturated carbocycles. The second-order valence-corrected chi connectivity index (χ2v) is 3.63. The SMILES string of the molecule is CCCN(C)C(=O)c1ccc(CN)cc1. The molecule has 0 bridgehead atoms. The van der Waals surface area contributed by atoms with Crippen molar-refractivity contribution in [2.24, 2.45) is 5.73 Å². The Morgan fingerprint density at radius 2 is 1.93 bits per heavy atom. The smallest absolute Gasteiger partial charge is 0.253 e. The third-order valence-corrected chi connectivity index (χ3v) is 2.34. The Morgan fingerprint density at radius 1 is 1.33 bits per heavy atom. The maximum absolute atomic E-state index is 11.8. The van der Waals surface area contributed by atoms with Gasteiger partial charge < -0.3 is 10.6 Å². The number of hydrogen-bond acceptors (Lipinski definition) is 2. The van der Waals surface area contributed by atoms with Crippen LogP contribution in [0, 0.1) is 0 Å². The van der Waals surface area contributed by atoms with Gasteiger partial charge in [-0.2, -0.15) is 0 Å². The molecule has 1 rings (SSSR count). The summed E-state index contributed by atoms with van der Waals surface area (Å²) in [6.45, 7) is 3.36. The normalized spacial score (nSPS) is 10.1. The van der Waals surface area contributed by atoms with Crippen molar-refractivity contribution in [2.45, 2.75) is 19.9 Å². The summed E-state index contributed by atoms with van der Waals surface area (Å²) in [7, 11) is 1.82. The predicted octanol–water partition coefficient (Wildman–Crippen LogP) is 1.63. The molecule has 3 heteroatoms. The first-order valence-corrected chi connectivity index (χ1v) is 5.23. The Kier molecular flexibility index (Phi) is 4.31. The summed E-state index contributed by atoms with van der Waals surface area (Å²) >= 11 is 0. The summed E-state index contributed by atoms with van der Waals surface area (Å²) in [6, 6.07) is 7.45. The second-order valence-electron chi connectivity index (χ2n) is 3.63. The van der Waals surface area contributed by atoms with Gasteiger partial charge in [-0.15, -0.1) is 0 Å². The van der Waals surface area contributed by atoms with Crippen molar-refractivity contribution >= 4 is 5.91 Å². The van der Waals surface area contributed by atoms with Gasteiger partial charge in [0.15, 0.2) is 0 Å². The number of nitrogens with zero attached hydrogens (tertiary/aromatic N) is 1. The molecule has 3 nitrogen and oxygen atoms in total. The molecule has 0 radical (unpaired) electrons. The summed E-state index contributed by atoms with van der Waals surface area (Å²) in [5, 5.41) is 0. The highest BCUT2D eigenvalue weighted by Crippen LogP contribution is 2.06. The molecular formula is C12H18N2O. The van der Waals surface area contributed by atoms with E-state index in [1.54, 1.807) is 4.90 Å². The molecule has 0 saturated heterocycles. The number of carbonyl (C=O) groups excluding carboxylic acids is 1. The molecular weight excluding hydrogens is 188 g/mol. The van der Waals surface area contributed by atoms with Gasteiger partial charge >= 0.3 is 0 Å². The number of amides is 1. The van der Waals surface area contributed by atoms with Crippen molar-refractivity contribution in [1.82, 2.24) is 4.90 Å². The Hall–Kier alpha value is -1.35. The molecule has 0 aliphatic carbocycles. The van der Waals surface area contributed by atoms with Crippen molar-refractivity contribution in [3.63, 3.8) is 0 Å². The van der Waals surface area contributed by atoms with Crippen molar-refractivity contribution in [3.8, 4) is 0 Å². The van der Waals surface area contributed by atoms with E-state index in [0.717, 1.165) is 24.1 Å². The molecule has 0 spiro atoms. The highest BCUT2D eigenvalue weighted by molar-refractivity contribution is 5.94. The van der Waals surface area contributed by atoms with Crippen LogP contribution >= 0.6 is 0 Å². The fourth-order valence-electron chi connectivity index (χ4n) is 1.44. The summed E-state index contributed by atoms with van der Waals surface area (Å²) in [5.41, 5.74) is 7.26. The molecule has 0 aliphatic rings. The summed E-state index contributed by atoms with van der Waals surface area (Å²) in [6.07, 6.45) is 0.975. The van der Waals surface area contributed by atoms with Gasteiger partial charge in [-0.05, 0) is 24.1 Å². The van der Waals surface area contributed by atoms with Gasteiger partial charge in [0.25, 0.3) is 5.91 Å². The first-order chi connectivity index (χ1) is 7.19. The minimum atomic E-state index is 0.0698. The lowest BCUT2D eigenvalue weighted by atomic mass is 10.1. The quantitative estimate of drug-likeness (QED) is 0.813. The van der Waals surface area contributed by atoms with Crippen LogP contribution in [0.5, 0.6) is 0 Å². The van der Waals surface area contributed by atoms with E-state index < -0.39 is 0 Å². The third kappa shape index (κ3) is 3.06. The highest BCUT2D eigenvalue weighted by atomic mass is 16.2. The van der Waals surface area contributed by atoms with E-state index in [9.17, 15) is 4.79 Å². The minimum Gasteiger partial charge on any atom is -0.342 e. The van der Waals surface area contributed by atoms with Crippen molar-refractivity contribution < 1.29 is 4.79 Å². The molecule has 1 aromatic carbocycles. The summed E-state index contributed by atoms with van der Waals surface area (Å²) in [5.74, 6) is 0.0698. The molecule has 1 aromatic rings. The van der Waals surface area contributed by atoms with Gasteiger partial charge in [-0.25, -0.2) is 0 Å². The monoisotopic (exact) mass is 206 g/mol. The molecule has 0 atom stereocenters. The number of rotatable bonds is 4. The molecule has 15 heavy (non-hydrogen) atoms. The largest absolute Gasteiger partial charge is 0.342 e. The van der Waals surface area contributed by atoms with Crippen LogP contribution in [-0.2, 0) is 6.54 Å². The molecule has 0 aliphatic heterocycles. The second kappa shape index (κ2) is 5.51. The molecule has 0 heterocycles. The first kappa shape index (κ1) is 11.7. The number of hydrogen-bond donors (Lipinski definition) is 1. The van der Waals surface area contributed by atoms with Crippen molar-refractivity contribution in [1.29, 1.82) is 0 Å². The van der Waals surface area contributed by atoms with Crippen LogP contribution in [0.1, 0.15) is 29.3 Å². The lowest BCUT2D eigenvalue weighted by Gasteiger charge is -2.16. The lowest BCUT2D eigenvalue weighted by Crippen LogP contribution is -2.27. The fourth-order valence-corrected chi connectivity index (χ4v) is 1.44. The van der Waals surface area contributed by atoms with Crippen LogP contribution in [0.2, 0.25) is 0 Å². The molecule has 82 valence electrons. The van der Waals surface area contributed by atoms with E-state index in [2.05, 4.69) is 6.92 Å². The zero-order chi connectivity index (χ0) is 11.3. The molecule has 0 unspecified atom stereocenters. The Balaban J connectivity index is 2.73. The van der Waals surface area contributed by atoms with Crippen LogP contribution in [-0.4, -0.2) is 24.4 Å². The Bertz CT molecular complexity index is 319. The van der Waals surface area contributed by atoms with Gasteiger partial charge in [0, 0.05) is 25.7 Å². The Labute approximate surface area is 90.9 Å². The Morgan fingerprint density at radius 3 is 2.40 bits per heavy atom. The maximum Gasteiger partial charge on any atom is 0.253 e. The van der Waals surface area contributed by atoms with Gasteiger partial charge in [-0.3, -0.25) is 4.79 Å². The van der Waals surface area contributed by atoms with Crippen LogP contribution in [0.3, 0.4) is 0 Å². The van der Waals surface area contributed by atoms with E-state index >= 15 is 0 Å². The van der Waals surface area contributed by atoms with Gasteiger partial charge in [0.2, 0.25) is 0 Å². The van der Waals surface area contributed by atoms with Crippen LogP contribution in [0.25, 0.3) is 0 Å². The highest BCUT2D eigenvalue weighted by Gasteiger charge is 2.09. The summed E-state index contributed by atoms with van der Waals surface area (Å²) in [4.78, 5) is 13.6. The zero-order valence-electron chi connectivity index (χ0n) is 9.36. The number of carbonyl (C=O) groups is 1. The third-order valence-electron chi connectivity index (χ3n) is 2.34. The van der Waals surface area contributed by atoms with Gasteiger partial charge in [0.05, 0.1) is 0 Å². The van der Waals surface area contributed by atoms with Crippen molar-refractivity contribution in [2.75, 3.05) is 13.6 Å². The van der Waals surface area contributed by atoms with Crippen LogP contribution in [0.15, 0.2) is 24.3 Å². The average Bonchev–Trinajstić information content (AvgIpc) is 2.28. The van der Waals surface area contributed by atoms with E-state index in [0.29, 0.717) is 6.54 Å². The lowest BCUT2D eigenvalue weighted by molar-refractivity contribution is 0.0795. The van der Waals surface area contributed by atoms with E-state index in [4.69, 9.17) is 5.73 Å². The van der Waals surface area contributed by atoms with Crippen LogP contribution < -0.4 is 5.73 Å². The van der Waals surface area contributed by atoms with Gasteiger partial charge in [0.1, 0.15) is 0 Å². The summed E-state index contributed by atoms with van der Waals surface area (Å²) < 4.78 is 0. The average molecular weight is 206 g/mol. The number of nitrogens with two attached hydrogens (primary N) is 1. The van der Waals surface area contributed by atoms with E-state index in [-0.39, 0.29) is 5.91 Å². The minimum absolute atomic E-state index is 0.0698. The molecule has 0 fully saturated rings. The maximum atomic E-state index is 11.8. The molecule has 2 N–H and O–H groups in total. The van der Waals surface area contributed by atoms with Gasteiger partial charge in [-0.1, -0.05) is 19.1 Å². The van der Waals surface area contributed by atoms with E-state index in [1.165, 1.54) is 0 Å². The molecule has 0 aromatic heterocycles. The number of benzene rings is 1. The standard InChI is InChI=1S/C12H18N2O/c1-3-8-14(2)12(15)11-6-4-10(9-13)5-7-11/h4-7H,3,8-9,13H2,1-2H3. The first-order valence-electron chi connectivity index (χ1n) is 5.23. The topological polar surface area (TPSA) is 46.3 Å². The van der Waals surface area contributed by atoms with Crippen LogP contribution in [0.4, 0.5) is 0 Å². The van der Waals surface area contributed by atoms with Crippen molar-refractivity contribution in [3.05, 3.63) is 35.4 Å². The van der Waals surface area contributed by atoms with E-state index in [1.807, 2.05) is 31.3 Å². The molecule has 1 amide bonds. The fraction of sp³-hybridized carbons (Fsp3) is 0.417. The zero-order valence-corrected chi connectivity index (χ0v) is 9.36.